The van der Waals surface area contributed by atoms with Crippen molar-refractivity contribution in [2.24, 2.45) is 11.8 Å². The van der Waals surface area contributed by atoms with Gasteiger partial charge in [-0.05, 0) is 61.3 Å². The Morgan fingerprint density at radius 2 is 0.840 bits per heavy atom. The second-order valence-electron chi connectivity index (χ2n) is 14.7. The Balaban J connectivity index is 2.21. The second kappa shape index (κ2) is 27.8. The number of barbiturate groups is 1. The zero-order valence-corrected chi connectivity index (χ0v) is 32.4. The smallest absolute Gasteiger partial charge is 0.328 e. The van der Waals surface area contributed by atoms with Crippen LogP contribution in [0.3, 0.4) is 0 Å². The molecule has 1 aliphatic heterocycles. The van der Waals surface area contributed by atoms with Gasteiger partial charge in [-0.15, -0.1) is 0 Å². The number of benzene rings is 1. The highest BCUT2D eigenvalue weighted by atomic mass is 16.5. The van der Waals surface area contributed by atoms with E-state index in [0.717, 1.165) is 25.7 Å². The molecule has 2 unspecified atom stereocenters. The molecule has 284 valence electrons. The molecule has 1 aromatic rings. The quantitative estimate of drug-likeness (QED) is 0.0458. The fourth-order valence-electron chi connectivity index (χ4n) is 6.81. The van der Waals surface area contributed by atoms with Gasteiger partial charge >= 0.3 is 6.03 Å². The Labute approximate surface area is 305 Å². The predicted octanol–water partition coefficient (Wildman–Crippen LogP) is 11.9. The molecule has 4 amide bonds. The van der Waals surface area contributed by atoms with E-state index >= 15 is 0 Å². The first-order valence-corrected chi connectivity index (χ1v) is 20.7. The number of rotatable bonds is 31. The van der Waals surface area contributed by atoms with Gasteiger partial charge in [0.1, 0.15) is 17.1 Å². The van der Waals surface area contributed by atoms with Crippen LogP contribution in [0.1, 0.15) is 187 Å². The maximum Gasteiger partial charge on any atom is 0.328 e. The molecule has 0 spiro atoms. The third-order valence-corrected chi connectivity index (χ3v) is 9.99. The molecule has 2 rings (SSSR count). The minimum absolute atomic E-state index is 0.110. The minimum Gasteiger partial charge on any atom is -0.493 e. The van der Waals surface area contributed by atoms with Crippen LogP contribution in [0.2, 0.25) is 0 Å². The van der Waals surface area contributed by atoms with Crippen LogP contribution in [0.4, 0.5) is 4.79 Å². The van der Waals surface area contributed by atoms with Crippen LogP contribution in [0.25, 0.3) is 6.08 Å². The molecule has 7 nitrogen and oxygen atoms in total. The SMILES string of the molecule is CCCCCCCCC(CCCCCC)COc1cc(C=C2C(=O)NC(=O)NC2=O)cc(OCC(CCCCCC)CCCCCCCC)c1. The van der Waals surface area contributed by atoms with Crippen LogP contribution in [-0.2, 0) is 9.59 Å². The van der Waals surface area contributed by atoms with Gasteiger partial charge in [-0.1, -0.05) is 156 Å². The summed E-state index contributed by atoms with van der Waals surface area (Å²) in [5, 5.41) is 4.35. The zero-order valence-electron chi connectivity index (χ0n) is 32.4. The van der Waals surface area contributed by atoms with Crippen LogP contribution in [-0.4, -0.2) is 31.1 Å². The lowest BCUT2D eigenvalue weighted by atomic mass is 9.95. The first kappa shape index (κ1) is 43.3. The second-order valence-corrected chi connectivity index (χ2v) is 14.7. The molecule has 0 saturated carbocycles. The fraction of sp³-hybridized carbons (Fsp3) is 0.744. The van der Waals surface area contributed by atoms with E-state index in [2.05, 4.69) is 38.3 Å². The molecule has 1 aliphatic rings. The molecule has 7 heteroatoms. The summed E-state index contributed by atoms with van der Waals surface area (Å²) in [6.07, 6.45) is 31.6. The van der Waals surface area contributed by atoms with Crippen LogP contribution >= 0.6 is 0 Å². The van der Waals surface area contributed by atoms with Gasteiger partial charge in [0.15, 0.2) is 0 Å². The zero-order chi connectivity index (χ0) is 36.2. The summed E-state index contributed by atoms with van der Waals surface area (Å²) < 4.78 is 13.0. The van der Waals surface area contributed by atoms with Gasteiger partial charge in [0.25, 0.3) is 11.8 Å². The average molecular weight is 697 g/mol. The molecular weight excluding hydrogens is 624 g/mol. The van der Waals surface area contributed by atoms with E-state index in [1.165, 1.54) is 134 Å². The summed E-state index contributed by atoms with van der Waals surface area (Å²) in [6, 6.07) is 4.90. The summed E-state index contributed by atoms with van der Waals surface area (Å²) in [4.78, 5) is 36.8. The van der Waals surface area contributed by atoms with E-state index in [-0.39, 0.29) is 5.57 Å². The molecule has 1 fully saturated rings. The predicted molar refractivity (Wildman–Crippen MR) is 208 cm³/mol. The van der Waals surface area contributed by atoms with Gasteiger partial charge < -0.3 is 9.47 Å². The van der Waals surface area contributed by atoms with E-state index in [0.29, 0.717) is 42.1 Å². The monoisotopic (exact) mass is 697 g/mol. The highest BCUT2D eigenvalue weighted by Gasteiger charge is 2.28. The van der Waals surface area contributed by atoms with Crippen LogP contribution in [0.5, 0.6) is 11.5 Å². The molecule has 50 heavy (non-hydrogen) atoms. The number of urea groups is 1. The number of hydrogen-bond acceptors (Lipinski definition) is 5. The van der Waals surface area contributed by atoms with Crippen molar-refractivity contribution in [2.75, 3.05) is 13.2 Å². The van der Waals surface area contributed by atoms with Crippen molar-refractivity contribution in [2.45, 2.75) is 182 Å². The molecule has 0 bridgehead atoms. The first-order chi connectivity index (χ1) is 24.4. The molecule has 1 saturated heterocycles. The minimum atomic E-state index is -0.802. The standard InChI is InChI=1S/C43H72N2O5/c1-5-9-13-17-19-23-27-35(25-21-15-11-7-3)33-49-38-29-37(31-40-41(46)44-43(48)45-42(40)47)30-39(32-38)50-34-36(26-22-16-12-8-4)28-24-20-18-14-10-6-2/h29-32,35-36H,5-28,33-34H2,1-4H3,(H2,44,45,46,47,48). The molecule has 0 aliphatic carbocycles. The Morgan fingerprint density at radius 1 is 0.500 bits per heavy atom. The van der Waals surface area contributed by atoms with Crippen molar-refractivity contribution in [3.8, 4) is 11.5 Å². The summed E-state index contributed by atoms with van der Waals surface area (Å²) in [5.74, 6) is 0.914. The van der Waals surface area contributed by atoms with Crippen LogP contribution in [0, 0.1) is 11.8 Å². The van der Waals surface area contributed by atoms with Crippen LogP contribution < -0.4 is 20.1 Å². The maximum atomic E-state index is 12.6. The van der Waals surface area contributed by atoms with E-state index in [1.807, 2.05) is 18.2 Å². The van der Waals surface area contributed by atoms with Crippen molar-refractivity contribution >= 4 is 23.9 Å². The Bertz CT molecular complexity index is 1040. The van der Waals surface area contributed by atoms with Crippen molar-refractivity contribution in [3.05, 3.63) is 29.3 Å². The van der Waals surface area contributed by atoms with Crippen molar-refractivity contribution in [1.82, 2.24) is 10.6 Å². The van der Waals surface area contributed by atoms with E-state index in [1.54, 1.807) is 0 Å². The summed E-state index contributed by atoms with van der Waals surface area (Å²) in [6.45, 7) is 10.3. The van der Waals surface area contributed by atoms with Gasteiger partial charge in [0.05, 0.1) is 13.2 Å². The van der Waals surface area contributed by atoms with Gasteiger partial charge in [0, 0.05) is 6.07 Å². The number of carbonyl (C=O) groups is 3. The largest absolute Gasteiger partial charge is 0.493 e. The van der Waals surface area contributed by atoms with E-state index in [9.17, 15) is 14.4 Å². The fourth-order valence-corrected chi connectivity index (χ4v) is 6.81. The molecule has 0 radical (unpaired) electrons. The molecule has 1 heterocycles. The number of imide groups is 2. The van der Waals surface area contributed by atoms with Crippen LogP contribution in [0.15, 0.2) is 23.8 Å². The Hall–Kier alpha value is -2.83. The van der Waals surface area contributed by atoms with E-state index < -0.39 is 17.8 Å². The molecule has 2 atom stereocenters. The third-order valence-electron chi connectivity index (χ3n) is 9.99. The van der Waals surface area contributed by atoms with Crippen molar-refractivity contribution in [1.29, 1.82) is 0 Å². The molecular formula is C43H72N2O5. The number of hydrogen-bond donors (Lipinski definition) is 2. The van der Waals surface area contributed by atoms with Gasteiger partial charge in [0.2, 0.25) is 0 Å². The topological polar surface area (TPSA) is 93.7 Å². The molecule has 0 aromatic heterocycles. The first-order valence-electron chi connectivity index (χ1n) is 20.7. The van der Waals surface area contributed by atoms with Gasteiger partial charge in [-0.2, -0.15) is 0 Å². The maximum absolute atomic E-state index is 12.6. The lowest BCUT2D eigenvalue weighted by molar-refractivity contribution is -0.123. The highest BCUT2D eigenvalue weighted by Crippen LogP contribution is 2.29. The number of ether oxygens (including phenoxy) is 2. The van der Waals surface area contributed by atoms with Gasteiger partial charge in [-0.3, -0.25) is 20.2 Å². The Kier molecular flexibility index (Phi) is 24.1. The summed E-state index contributed by atoms with van der Waals surface area (Å²) >= 11 is 0. The third kappa shape index (κ3) is 19.5. The summed E-state index contributed by atoms with van der Waals surface area (Å²) in [7, 11) is 0. The number of unbranched alkanes of at least 4 members (excludes halogenated alkanes) is 16. The van der Waals surface area contributed by atoms with Gasteiger partial charge in [-0.25, -0.2) is 4.79 Å². The van der Waals surface area contributed by atoms with Crippen molar-refractivity contribution in [3.63, 3.8) is 0 Å². The lowest BCUT2D eigenvalue weighted by Crippen LogP contribution is -2.51. The highest BCUT2D eigenvalue weighted by molar-refractivity contribution is 6.31. The average Bonchev–Trinajstić information content (AvgIpc) is 3.10. The number of amides is 4. The van der Waals surface area contributed by atoms with Crippen molar-refractivity contribution < 1.29 is 23.9 Å². The summed E-state index contributed by atoms with van der Waals surface area (Å²) in [5.41, 5.74) is 0.527. The van der Waals surface area contributed by atoms with E-state index in [4.69, 9.17) is 9.47 Å². The molecule has 2 N–H and O–H groups in total. The number of carbonyl (C=O) groups excluding carboxylic acids is 3. The Morgan fingerprint density at radius 3 is 1.22 bits per heavy atom. The normalized spacial score (nSPS) is 14.3. The number of nitrogens with one attached hydrogen (secondary N) is 2. The lowest BCUT2D eigenvalue weighted by Gasteiger charge is -2.20. The molecule has 1 aromatic carbocycles.